The number of oxazole rings is 1. The predicted octanol–water partition coefficient (Wildman–Crippen LogP) is 4.29. The van der Waals surface area contributed by atoms with E-state index in [1.54, 1.807) is 22.7 Å². The van der Waals surface area contributed by atoms with E-state index in [4.69, 9.17) is 4.42 Å². The molecule has 0 fully saturated rings. The van der Waals surface area contributed by atoms with Gasteiger partial charge in [-0.1, -0.05) is 59.8 Å². The van der Waals surface area contributed by atoms with Crippen molar-refractivity contribution in [2.75, 3.05) is 0 Å². The van der Waals surface area contributed by atoms with Crippen molar-refractivity contribution in [3.05, 3.63) is 77.2 Å². The Morgan fingerprint density at radius 2 is 1.93 bits per heavy atom. The van der Waals surface area contributed by atoms with E-state index in [2.05, 4.69) is 58.6 Å². The van der Waals surface area contributed by atoms with Crippen LogP contribution in [0.2, 0.25) is 0 Å². The minimum atomic E-state index is 0.642. The standard InChI is InChI=1S/C20H19N5OS/c1-14-8-9-18(15(2)10-14)19-21-17(12-26-19)13-27-20-22-23-24-25(20)11-16-6-4-3-5-7-16/h3-10,12H,11,13H2,1-2H3. The Bertz CT molecular complexity index is 1040. The molecule has 0 unspecified atom stereocenters. The first-order valence-corrected chi connectivity index (χ1v) is 9.62. The van der Waals surface area contributed by atoms with Crippen molar-refractivity contribution < 1.29 is 4.42 Å². The molecule has 0 N–H and O–H groups in total. The van der Waals surface area contributed by atoms with Crippen molar-refractivity contribution in [2.24, 2.45) is 0 Å². The molecule has 136 valence electrons. The van der Waals surface area contributed by atoms with Gasteiger partial charge >= 0.3 is 0 Å². The molecule has 4 rings (SSSR count). The molecule has 0 aliphatic heterocycles. The van der Waals surface area contributed by atoms with Gasteiger partial charge in [-0.2, -0.15) is 0 Å². The largest absolute Gasteiger partial charge is 0.444 e. The lowest BCUT2D eigenvalue weighted by Crippen LogP contribution is -2.03. The molecular formula is C20H19N5OS. The highest BCUT2D eigenvalue weighted by Gasteiger charge is 2.12. The number of aryl methyl sites for hydroxylation is 2. The lowest BCUT2D eigenvalue weighted by Gasteiger charge is -2.03. The van der Waals surface area contributed by atoms with Crippen molar-refractivity contribution in [1.29, 1.82) is 0 Å². The molecule has 0 atom stereocenters. The van der Waals surface area contributed by atoms with E-state index in [0.29, 0.717) is 18.2 Å². The quantitative estimate of drug-likeness (QED) is 0.467. The fourth-order valence-corrected chi connectivity index (χ4v) is 3.60. The number of nitrogens with zero attached hydrogens (tertiary/aromatic N) is 5. The van der Waals surface area contributed by atoms with E-state index in [1.807, 2.05) is 24.3 Å². The van der Waals surface area contributed by atoms with Crippen LogP contribution in [0.3, 0.4) is 0 Å². The number of aromatic nitrogens is 5. The molecule has 0 aliphatic rings. The molecule has 0 amide bonds. The number of benzene rings is 2. The molecule has 2 heterocycles. The molecule has 0 aliphatic carbocycles. The van der Waals surface area contributed by atoms with Gasteiger partial charge in [-0.05, 0) is 41.5 Å². The molecule has 2 aromatic carbocycles. The smallest absolute Gasteiger partial charge is 0.226 e. The Labute approximate surface area is 161 Å². The Kier molecular flexibility index (Phi) is 5.02. The second-order valence-electron chi connectivity index (χ2n) is 6.36. The van der Waals surface area contributed by atoms with Crippen LogP contribution in [0, 0.1) is 13.8 Å². The van der Waals surface area contributed by atoms with Crippen molar-refractivity contribution in [3.8, 4) is 11.5 Å². The van der Waals surface area contributed by atoms with Crippen LogP contribution in [0.25, 0.3) is 11.5 Å². The van der Waals surface area contributed by atoms with Crippen LogP contribution in [-0.4, -0.2) is 25.2 Å². The normalized spacial score (nSPS) is 11.0. The third kappa shape index (κ3) is 4.09. The molecule has 2 aromatic heterocycles. The van der Waals surface area contributed by atoms with Gasteiger partial charge < -0.3 is 4.42 Å². The summed E-state index contributed by atoms with van der Waals surface area (Å²) in [6.45, 7) is 4.79. The van der Waals surface area contributed by atoms with Gasteiger partial charge in [0.05, 0.1) is 12.2 Å². The highest BCUT2D eigenvalue weighted by Crippen LogP contribution is 2.26. The fourth-order valence-electron chi connectivity index (χ4n) is 2.84. The number of tetrazole rings is 1. The Hall–Kier alpha value is -2.93. The Morgan fingerprint density at radius 3 is 2.74 bits per heavy atom. The number of hydrogen-bond donors (Lipinski definition) is 0. The SMILES string of the molecule is Cc1ccc(-c2nc(CSc3nnnn3Cc3ccccc3)co2)c(C)c1. The molecular weight excluding hydrogens is 358 g/mol. The molecule has 0 saturated carbocycles. The van der Waals surface area contributed by atoms with Crippen LogP contribution < -0.4 is 0 Å². The summed E-state index contributed by atoms with van der Waals surface area (Å²) in [7, 11) is 0. The van der Waals surface area contributed by atoms with Crippen molar-refractivity contribution in [3.63, 3.8) is 0 Å². The summed E-state index contributed by atoms with van der Waals surface area (Å²) in [6, 6.07) is 16.4. The van der Waals surface area contributed by atoms with E-state index in [9.17, 15) is 0 Å². The highest BCUT2D eigenvalue weighted by atomic mass is 32.2. The maximum absolute atomic E-state index is 5.68. The van der Waals surface area contributed by atoms with Crippen molar-refractivity contribution in [2.45, 2.75) is 31.3 Å². The number of rotatable bonds is 6. The molecule has 6 nitrogen and oxygen atoms in total. The van der Waals surface area contributed by atoms with Gasteiger partial charge in [-0.25, -0.2) is 9.67 Å². The van der Waals surface area contributed by atoms with Gasteiger partial charge in [0.2, 0.25) is 11.0 Å². The Morgan fingerprint density at radius 1 is 1.07 bits per heavy atom. The van der Waals surface area contributed by atoms with Gasteiger partial charge in [0, 0.05) is 11.3 Å². The summed E-state index contributed by atoms with van der Waals surface area (Å²) in [4.78, 5) is 4.62. The van der Waals surface area contributed by atoms with E-state index in [0.717, 1.165) is 27.5 Å². The first-order valence-electron chi connectivity index (χ1n) is 8.64. The lowest BCUT2D eigenvalue weighted by molar-refractivity contribution is 0.573. The molecule has 0 radical (unpaired) electrons. The van der Waals surface area contributed by atoms with E-state index in [-0.39, 0.29) is 0 Å². The van der Waals surface area contributed by atoms with Crippen LogP contribution in [0.1, 0.15) is 22.4 Å². The zero-order valence-electron chi connectivity index (χ0n) is 15.2. The van der Waals surface area contributed by atoms with Gasteiger partial charge in [0.15, 0.2) is 0 Å². The predicted molar refractivity (Wildman–Crippen MR) is 104 cm³/mol. The topological polar surface area (TPSA) is 69.6 Å². The summed E-state index contributed by atoms with van der Waals surface area (Å²) in [5, 5.41) is 12.8. The molecule has 27 heavy (non-hydrogen) atoms. The highest BCUT2D eigenvalue weighted by molar-refractivity contribution is 7.98. The van der Waals surface area contributed by atoms with E-state index < -0.39 is 0 Å². The molecule has 0 bridgehead atoms. The maximum atomic E-state index is 5.68. The van der Waals surface area contributed by atoms with Crippen LogP contribution in [0.15, 0.2) is 64.4 Å². The fraction of sp³-hybridized carbons (Fsp3) is 0.200. The van der Waals surface area contributed by atoms with Crippen molar-refractivity contribution >= 4 is 11.8 Å². The van der Waals surface area contributed by atoms with Gasteiger partial charge in [0.1, 0.15) is 6.26 Å². The molecule has 0 saturated heterocycles. The molecule has 7 heteroatoms. The van der Waals surface area contributed by atoms with Crippen LogP contribution >= 0.6 is 11.8 Å². The lowest BCUT2D eigenvalue weighted by atomic mass is 10.1. The summed E-state index contributed by atoms with van der Waals surface area (Å²) in [5.74, 6) is 1.29. The number of thioether (sulfide) groups is 1. The first kappa shape index (κ1) is 17.5. The first-order chi connectivity index (χ1) is 13.2. The maximum Gasteiger partial charge on any atom is 0.226 e. The van der Waals surface area contributed by atoms with Crippen molar-refractivity contribution in [1.82, 2.24) is 25.2 Å². The monoisotopic (exact) mass is 377 g/mol. The van der Waals surface area contributed by atoms with Crippen LogP contribution in [0.5, 0.6) is 0 Å². The van der Waals surface area contributed by atoms with Crippen LogP contribution in [-0.2, 0) is 12.3 Å². The average Bonchev–Trinajstić information content (AvgIpc) is 3.30. The molecule has 0 spiro atoms. The minimum Gasteiger partial charge on any atom is -0.444 e. The summed E-state index contributed by atoms with van der Waals surface area (Å²) in [6.07, 6.45) is 1.70. The third-order valence-electron chi connectivity index (χ3n) is 4.19. The second kappa shape index (κ2) is 7.75. The zero-order chi connectivity index (χ0) is 18.6. The van der Waals surface area contributed by atoms with Gasteiger partial charge in [-0.3, -0.25) is 0 Å². The Balaban J connectivity index is 1.44. The summed E-state index contributed by atoms with van der Waals surface area (Å²) in [5.41, 5.74) is 5.42. The van der Waals surface area contributed by atoms with E-state index in [1.165, 1.54) is 5.56 Å². The summed E-state index contributed by atoms with van der Waals surface area (Å²) >= 11 is 1.55. The average molecular weight is 377 g/mol. The number of hydrogen-bond acceptors (Lipinski definition) is 6. The minimum absolute atomic E-state index is 0.642. The third-order valence-corrected chi connectivity index (χ3v) is 5.18. The second-order valence-corrected chi connectivity index (χ2v) is 7.30. The van der Waals surface area contributed by atoms with Gasteiger partial charge in [-0.15, -0.1) is 5.10 Å². The zero-order valence-corrected chi connectivity index (χ0v) is 16.0. The van der Waals surface area contributed by atoms with Gasteiger partial charge in [0.25, 0.3) is 0 Å². The molecule has 4 aromatic rings. The summed E-state index contributed by atoms with van der Waals surface area (Å²) < 4.78 is 7.48. The van der Waals surface area contributed by atoms with Crippen LogP contribution in [0.4, 0.5) is 0 Å². The van der Waals surface area contributed by atoms with E-state index >= 15 is 0 Å².